The number of aryl methyl sites for hydroxylation is 1. The Balaban J connectivity index is 2.65. The summed E-state index contributed by atoms with van der Waals surface area (Å²) >= 11 is 0. The first-order chi connectivity index (χ1) is 8.06. The Kier molecular flexibility index (Phi) is 4.81. The Morgan fingerprint density at radius 3 is 2.88 bits per heavy atom. The molecule has 17 heavy (non-hydrogen) atoms. The standard InChI is InChI=1S/C11H16FN3O2/c1-3-4-8(11(16)17)5-13-10-9(12)7(2)14-6-15-10/h6,8H,3-5H2,1-2H3,(H,16,17)(H,13,14,15). The Bertz CT molecular complexity index is 398. The molecule has 0 aliphatic rings. The largest absolute Gasteiger partial charge is 0.481 e. The molecular formula is C11H16FN3O2. The molecule has 0 bridgehead atoms. The van der Waals surface area contributed by atoms with Crippen LogP contribution in [0.1, 0.15) is 25.5 Å². The van der Waals surface area contributed by atoms with Gasteiger partial charge in [0.2, 0.25) is 0 Å². The molecule has 0 radical (unpaired) electrons. The third kappa shape index (κ3) is 3.65. The maximum Gasteiger partial charge on any atom is 0.308 e. The number of hydrogen-bond donors (Lipinski definition) is 2. The van der Waals surface area contributed by atoms with Gasteiger partial charge in [-0.05, 0) is 13.3 Å². The van der Waals surface area contributed by atoms with Crippen molar-refractivity contribution in [2.75, 3.05) is 11.9 Å². The van der Waals surface area contributed by atoms with Crippen molar-refractivity contribution in [3.63, 3.8) is 0 Å². The van der Waals surface area contributed by atoms with Gasteiger partial charge in [0.05, 0.1) is 11.6 Å². The Labute approximate surface area is 99.1 Å². The van der Waals surface area contributed by atoms with Crippen LogP contribution in [0, 0.1) is 18.7 Å². The van der Waals surface area contributed by atoms with E-state index < -0.39 is 17.7 Å². The van der Waals surface area contributed by atoms with Crippen LogP contribution in [-0.4, -0.2) is 27.6 Å². The molecule has 5 nitrogen and oxygen atoms in total. The number of carbonyl (C=O) groups is 1. The van der Waals surface area contributed by atoms with Crippen LogP contribution in [0.3, 0.4) is 0 Å². The summed E-state index contributed by atoms with van der Waals surface area (Å²) < 4.78 is 13.5. The number of nitrogens with one attached hydrogen (secondary N) is 1. The van der Waals surface area contributed by atoms with Gasteiger partial charge in [0.1, 0.15) is 6.33 Å². The van der Waals surface area contributed by atoms with Crippen molar-refractivity contribution in [3.05, 3.63) is 17.8 Å². The van der Waals surface area contributed by atoms with Crippen molar-refractivity contribution < 1.29 is 14.3 Å². The highest BCUT2D eigenvalue weighted by atomic mass is 19.1. The van der Waals surface area contributed by atoms with E-state index in [-0.39, 0.29) is 18.1 Å². The molecule has 1 aromatic heterocycles. The second kappa shape index (κ2) is 6.12. The van der Waals surface area contributed by atoms with Crippen LogP contribution >= 0.6 is 0 Å². The zero-order valence-corrected chi connectivity index (χ0v) is 9.90. The van der Waals surface area contributed by atoms with Crippen LogP contribution in [0.4, 0.5) is 10.2 Å². The molecular weight excluding hydrogens is 225 g/mol. The summed E-state index contributed by atoms with van der Waals surface area (Å²) in [5, 5.41) is 11.7. The predicted molar refractivity (Wildman–Crippen MR) is 61.3 cm³/mol. The molecule has 1 atom stereocenters. The van der Waals surface area contributed by atoms with Crippen LogP contribution in [0.15, 0.2) is 6.33 Å². The second-order valence-electron chi connectivity index (χ2n) is 3.83. The van der Waals surface area contributed by atoms with E-state index in [0.717, 1.165) is 6.42 Å². The van der Waals surface area contributed by atoms with Gasteiger partial charge in [0.25, 0.3) is 0 Å². The first-order valence-corrected chi connectivity index (χ1v) is 5.50. The van der Waals surface area contributed by atoms with Gasteiger partial charge in [-0.1, -0.05) is 13.3 Å². The minimum absolute atomic E-state index is 0.0554. The highest BCUT2D eigenvalue weighted by Crippen LogP contribution is 2.14. The molecule has 0 aliphatic heterocycles. The maximum absolute atomic E-state index is 13.5. The third-order valence-corrected chi connectivity index (χ3v) is 2.47. The predicted octanol–water partition coefficient (Wildman–Crippen LogP) is 1.84. The summed E-state index contributed by atoms with van der Waals surface area (Å²) in [6.07, 6.45) is 2.56. The zero-order valence-electron chi connectivity index (χ0n) is 9.90. The Morgan fingerprint density at radius 2 is 2.29 bits per heavy atom. The van der Waals surface area contributed by atoms with Gasteiger partial charge in [-0.2, -0.15) is 0 Å². The molecule has 0 saturated heterocycles. The van der Waals surface area contributed by atoms with Gasteiger partial charge in [0, 0.05) is 6.54 Å². The number of aromatic nitrogens is 2. The van der Waals surface area contributed by atoms with Crippen LogP contribution in [0.25, 0.3) is 0 Å². The first-order valence-electron chi connectivity index (χ1n) is 5.50. The average Bonchev–Trinajstić information content (AvgIpc) is 2.29. The average molecular weight is 241 g/mol. The van der Waals surface area contributed by atoms with E-state index in [1.54, 1.807) is 0 Å². The van der Waals surface area contributed by atoms with Crippen molar-refractivity contribution in [1.29, 1.82) is 0 Å². The summed E-state index contributed by atoms with van der Waals surface area (Å²) in [5.41, 5.74) is 0.241. The first kappa shape index (κ1) is 13.3. The van der Waals surface area contributed by atoms with Gasteiger partial charge in [-0.25, -0.2) is 14.4 Å². The highest BCUT2D eigenvalue weighted by Gasteiger charge is 2.17. The minimum atomic E-state index is -0.884. The lowest BCUT2D eigenvalue weighted by molar-refractivity contribution is -0.141. The lowest BCUT2D eigenvalue weighted by atomic mass is 10.0. The fraction of sp³-hybridized carbons (Fsp3) is 0.545. The lowest BCUT2D eigenvalue weighted by Crippen LogP contribution is -2.23. The molecule has 1 unspecified atom stereocenters. The quantitative estimate of drug-likeness (QED) is 0.794. The fourth-order valence-corrected chi connectivity index (χ4v) is 1.46. The van der Waals surface area contributed by atoms with Gasteiger partial charge in [-0.15, -0.1) is 0 Å². The number of rotatable bonds is 6. The molecule has 0 spiro atoms. The SMILES string of the molecule is CCCC(CNc1ncnc(C)c1F)C(=O)O. The van der Waals surface area contributed by atoms with Crippen molar-refractivity contribution in [2.24, 2.45) is 5.92 Å². The molecule has 6 heteroatoms. The number of hydrogen-bond acceptors (Lipinski definition) is 4. The van der Waals surface area contributed by atoms with E-state index in [4.69, 9.17) is 5.11 Å². The van der Waals surface area contributed by atoms with E-state index in [0.29, 0.717) is 6.42 Å². The summed E-state index contributed by atoms with van der Waals surface area (Å²) in [6, 6.07) is 0. The van der Waals surface area contributed by atoms with Crippen molar-refractivity contribution >= 4 is 11.8 Å². The summed E-state index contributed by atoms with van der Waals surface area (Å²) in [5.74, 6) is -1.90. The summed E-state index contributed by atoms with van der Waals surface area (Å²) in [4.78, 5) is 18.3. The number of nitrogens with zero attached hydrogens (tertiary/aromatic N) is 2. The molecule has 1 rings (SSSR count). The van der Waals surface area contributed by atoms with E-state index in [1.165, 1.54) is 13.3 Å². The molecule has 0 amide bonds. The number of aliphatic carboxylic acids is 1. The number of anilines is 1. The zero-order chi connectivity index (χ0) is 12.8. The molecule has 0 fully saturated rings. The second-order valence-corrected chi connectivity index (χ2v) is 3.83. The van der Waals surface area contributed by atoms with Crippen molar-refractivity contribution in [2.45, 2.75) is 26.7 Å². The number of halogens is 1. The van der Waals surface area contributed by atoms with Gasteiger partial charge in [-0.3, -0.25) is 4.79 Å². The highest BCUT2D eigenvalue weighted by molar-refractivity contribution is 5.70. The maximum atomic E-state index is 13.5. The summed E-state index contributed by atoms with van der Waals surface area (Å²) in [7, 11) is 0. The topological polar surface area (TPSA) is 75.1 Å². The molecule has 94 valence electrons. The van der Waals surface area contributed by atoms with E-state index >= 15 is 0 Å². The Hall–Kier alpha value is -1.72. The Morgan fingerprint density at radius 1 is 1.59 bits per heavy atom. The summed E-state index contributed by atoms with van der Waals surface area (Å²) in [6.45, 7) is 3.60. The van der Waals surface area contributed by atoms with Gasteiger partial charge in [0.15, 0.2) is 11.6 Å². The third-order valence-electron chi connectivity index (χ3n) is 2.47. The number of carboxylic acid groups (broad SMARTS) is 1. The van der Waals surface area contributed by atoms with E-state index in [9.17, 15) is 9.18 Å². The van der Waals surface area contributed by atoms with Gasteiger partial charge < -0.3 is 10.4 Å². The van der Waals surface area contributed by atoms with Gasteiger partial charge >= 0.3 is 5.97 Å². The van der Waals surface area contributed by atoms with Crippen molar-refractivity contribution in [3.8, 4) is 0 Å². The smallest absolute Gasteiger partial charge is 0.308 e. The molecule has 0 aromatic carbocycles. The van der Waals surface area contributed by atoms with Crippen LogP contribution in [0.5, 0.6) is 0 Å². The fourth-order valence-electron chi connectivity index (χ4n) is 1.46. The molecule has 2 N–H and O–H groups in total. The lowest BCUT2D eigenvalue weighted by Gasteiger charge is -2.13. The van der Waals surface area contributed by atoms with Crippen LogP contribution < -0.4 is 5.32 Å². The normalized spacial score (nSPS) is 12.2. The van der Waals surface area contributed by atoms with Crippen LogP contribution in [0.2, 0.25) is 0 Å². The minimum Gasteiger partial charge on any atom is -0.481 e. The van der Waals surface area contributed by atoms with E-state index in [2.05, 4.69) is 15.3 Å². The van der Waals surface area contributed by atoms with Crippen LogP contribution in [-0.2, 0) is 4.79 Å². The van der Waals surface area contributed by atoms with Crippen molar-refractivity contribution in [1.82, 2.24) is 9.97 Å². The molecule has 1 aromatic rings. The monoisotopic (exact) mass is 241 g/mol. The molecule has 0 saturated carbocycles. The molecule has 0 aliphatic carbocycles. The number of carboxylic acids is 1. The van der Waals surface area contributed by atoms with E-state index in [1.807, 2.05) is 6.92 Å². The molecule has 1 heterocycles.